The van der Waals surface area contributed by atoms with Crippen LogP contribution in [0, 0.1) is 0 Å². The van der Waals surface area contributed by atoms with E-state index in [4.69, 9.17) is 4.74 Å². The number of benzene rings is 1. The smallest absolute Gasteiger partial charge is 0.412 e. The molecule has 1 aliphatic carbocycles. The Balaban J connectivity index is 1.67. The van der Waals surface area contributed by atoms with Crippen LogP contribution in [-0.4, -0.2) is 39.6 Å². The molecule has 10 nitrogen and oxygen atoms in total. The fraction of sp³-hybridized carbons (Fsp3) is 0.429. The van der Waals surface area contributed by atoms with E-state index in [1.54, 1.807) is 19.2 Å². The van der Waals surface area contributed by atoms with E-state index in [1.807, 2.05) is 0 Å². The fourth-order valence-corrected chi connectivity index (χ4v) is 3.49. The molecule has 2 aromatic rings. The molecule has 0 aliphatic heterocycles. The summed E-state index contributed by atoms with van der Waals surface area (Å²) in [5.74, 6) is 0.381. The first-order valence-electron chi connectivity index (χ1n) is 10.1. The zero-order valence-corrected chi connectivity index (χ0v) is 17.9. The summed E-state index contributed by atoms with van der Waals surface area (Å²) in [5.41, 5.74) is -0.544. The molecule has 0 radical (unpaired) electrons. The number of ether oxygens (including phenoxy) is 1. The van der Waals surface area contributed by atoms with Crippen LogP contribution >= 0.6 is 0 Å². The van der Waals surface area contributed by atoms with Gasteiger partial charge in [0.25, 0.3) is 5.56 Å². The molecule has 0 bridgehead atoms. The SMILES string of the molecule is CN(/N=C/c1ccc(OC(=O)NC2CCCCC2)cc1O)c1cc(=O)n(C)c(=O)n1C. The third-order valence-corrected chi connectivity index (χ3v) is 5.34. The van der Waals surface area contributed by atoms with E-state index in [0.29, 0.717) is 11.4 Å². The molecule has 1 aromatic heterocycles. The number of hydrogen-bond donors (Lipinski definition) is 2. The summed E-state index contributed by atoms with van der Waals surface area (Å²) >= 11 is 0. The highest BCUT2D eigenvalue weighted by Gasteiger charge is 2.17. The van der Waals surface area contributed by atoms with Gasteiger partial charge >= 0.3 is 11.8 Å². The minimum atomic E-state index is -0.543. The Bertz CT molecular complexity index is 1100. The lowest BCUT2D eigenvalue weighted by atomic mass is 9.96. The number of phenolic OH excluding ortho intramolecular Hbond substituents is 1. The van der Waals surface area contributed by atoms with Gasteiger partial charge < -0.3 is 15.2 Å². The van der Waals surface area contributed by atoms with Crippen molar-refractivity contribution in [3.05, 3.63) is 50.7 Å². The Kier molecular flexibility index (Phi) is 6.78. The van der Waals surface area contributed by atoms with Crippen molar-refractivity contribution in [2.45, 2.75) is 38.1 Å². The van der Waals surface area contributed by atoms with Crippen LogP contribution in [0.4, 0.5) is 10.6 Å². The lowest BCUT2D eigenvalue weighted by molar-refractivity contribution is 0.192. The van der Waals surface area contributed by atoms with Crippen LogP contribution in [0.5, 0.6) is 11.5 Å². The fourth-order valence-electron chi connectivity index (χ4n) is 3.49. The van der Waals surface area contributed by atoms with Crippen molar-refractivity contribution < 1.29 is 14.6 Å². The van der Waals surface area contributed by atoms with Crippen LogP contribution in [-0.2, 0) is 14.1 Å². The van der Waals surface area contributed by atoms with Gasteiger partial charge in [-0.15, -0.1) is 0 Å². The first-order chi connectivity index (χ1) is 14.8. The second kappa shape index (κ2) is 9.50. The van der Waals surface area contributed by atoms with Crippen molar-refractivity contribution in [2.24, 2.45) is 19.2 Å². The summed E-state index contributed by atoms with van der Waals surface area (Å²) in [4.78, 5) is 36.0. The lowest BCUT2D eigenvalue weighted by Gasteiger charge is -2.22. The molecule has 1 fully saturated rings. The highest BCUT2D eigenvalue weighted by Crippen LogP contribution is 2.23. The second-order valence-corrected chi connectivity index (χ2v) is 7.60. The second-order valence-electron chi connectivity index (χ2n) is 7.60. The zero-order chi connectivity index (χ0) is 22.5. The summed E-state index contributed by atoms with van der Waals surface area (Å²) in [6.45, 7) is 0. The molecular formula is C21H27N5O5. The van der Waals surface area contributed by atoms with Crippen molar-refractivity contribution in [1.82, 2.24) is 14.5 Å². The van der Waals surface area contributed by atoms with Gasteiger partial charge in [-0.25, -0.2) is 9.59 Å². The van der Waals surface area contributed by atoms with Crippen molar-refractivity contribution in [3.63, 3.8) is 0 Å². The summed E-state index contributed by atoms with van der Waals surface area (Å²) in [6, 6.07) is 5.85. The van der Waals surface area contributed by atoms with Crippen LogP contribution in [0.25, 0.3) is 0 Å². The monoisotopic (exact) mass is 429 g/mol. The van der Waals surface area contributed by atoms with Crippen LogP contribution in [0.3, 0.4) is 0 Å². The number of aromatic hydroxyl groups is 1. The Morgan fingerprint density at radius 2 is 1.90 bits per heavy atom. The number of carbonyl (C=O) groups is 1. The van der Waals surface area contributed by atoms with Gasteiger partial charge in [0.05, 0.1) is 6.21 Å². The molecule has 1 amide bonds. The maximum Gasteiger partial charge on any atom is 0.412 e. The number of hydrazone groups is 1. The van der Waals surface area contributed by atoms with Crippen LogP contribution in [0.1, 0.15) is 37.7 Å². The molecule has 1 aromatic carbocycles. The van der Waals surface area contributed by atoms with E-state index in [-0.39, 0.29) is 17.5 Å². The van der Waals surface area contributed by atoms with E-state index in [0.717, 1.165) is 30.3 Å². The van der Waals surface area contributed by atoms with E-state index in [9.17, 15) is 19.5 Å². The van der Waals surface area contributed by atoms with Gasteiger partial charge in [0.2, 0.25) is 0 Å². The van der Waals surface area contributed by atoms with Gasteiger partial charge in [-0.1, -0.05) is 19.3 Å². The van der Waals surface area contributed by atoms with Gasteiger partial charge in [0.1, 0.15) is 17.3 Å². The molecule has 0 atom stereocenters. The minimum Gasteiger partial charge on any atom is -0.507 e. The van der Waals surface area contributed by atoms with E-state index in [1.165, 1.54) is 48.4 Å². The topological polar surface area (TPSA) is 118 Å². The molecule has 0 saturated heterocycles. The standard InChI is InChI=1S/C21H27N5O5/c1-24-18(12-19(28)25(2)21(24)30)26(3)22-13-14-9-10-16(11-17(14)27)31-20(29)23-15-7-5-4-6-8-15/h9-13,15,27H,4-8H2,1-3H3,(H,23,29)/b22-13+. The number of carbonyl (C=O) groups excluding carboxylic acids is 1. The molecule has 2 N–H and O–H groups in total. The number of aromatic nitrogens is 2. The van der Waals surface area contributed by atoms with Gasteiger partial charge in [0, 0.05) is 44.9 Å². The molecule has 1 aliphatic rings. The van der Waals surface area contributed by atoms with Crippen LogP contribution < -0.4 is 26.3 Å². The summed E-state index contributed by atoms with van der Waals surface area (Å²) in [7, 11) is 4.51. The molecule has 1 saturated carbocycles. The first-order valence-corrected chi connectivity index (χ1v) is 10.1. The van der Waals surface area contributed by atoms with Gasteiger partial charge in [0.15, 0.2) is 0 Å². The highest BCUT2D eigenvalue weighted by molar-refractivity contribution is 5.84. The van der Waals surface area contributed by atoms with Crippen molar-refractivity contribution in [2.75, 3.05) is 12.1 Å². The Morgan fingerprint density at radius 1 is 1.19 bits per heavy atom. The number of nitrogens with zero attached hydrogens (tertiary/aromatic N) is 4. The Hall–Kier alpha value is -3.56. The van der Waals surface area contributed by atoms with E-state index >= 15 is 0 Å². The number of rotatable bonds is 5. The normalized spacial score (nSPS) is 14.5. The summed E-state index contributed by atoms with van der Waals surface area (Å²) < 4.78 is 7.55. The number of anilines is 1. The number of nitrogens with one attached hydrogen (secondary N) is 1. The van der Waals surface area contributed by atoms with Crippen LogP contribution in [0.15, 0.2) is 39.0 Å². The maximum absolute atomic E-state index is 12.1. The van der Waals surface area contributed by atoms with E-state index in [2.05, 4.69) is 10.4 Å². The number of hydrogen-bond acceptors (Lipinski definition) is 7. The zero-order valence-electron chi connectivity index (χ0n) is 17.9. The van der Waals surface area contributed by atoms with Crippen molar-refractivity contribution in [3.8, 4) is 11.5 Å². The maximum atomic E-state index is 12.1. The van der Waals surface area contributed by atoms with Gasteiger partial charge in [-0.3, -0.25) is 18.9 Å². The Labute approximate surface area is 179 Å². The molecule has 0 unspecified atom stereocenters. The Morgan fingerprint density at radius 3 is 2.58 bits per heavy atom. The first kappa shape index (κ1) is 22.1. The third kappa shape index (κ3) is 5.33. The lowest BCUT2D eigenvalue weighted by Crippen LogP contribution is -2.38. The summed E-state index contributed by atoms with van der Waals surface area (Å²) in [6.07, 6.45) is 6.11. The largest absolute Gasteiger partial charge is 0.507 e. The number of phenols is 1. The molecule has 1 heterocycles. The predicted molar refractivity (Wildman–Crippen MR) is 117 cm³/mol. The van der Waals surface area contributed by atoms with Crippen molar-refractivity contribution in [1.29, 1.82) is 0 Å². The molecule has 10 heteroatoms. The molecule has 0 spiro atoms. The highest BCUT2D eigenvalue weighted by atomic mass is 16.6. The quantitative estimate of drug-likeness (QED) is 0.552. The summed E-state index contributed by atoms with van der Waals surface area (Å²) in [5, 5.41) is 18.6. The van der Waals surface area contributed by atoms with Crippen LogP contribution in [0.2, 0.25) is 0 Å². The molecular weight excluding hydrogens is 402 g/mol. The number of amides is 1. The minimum absolute atomic E-state index is 0.127. The molecule has 3 rings (SSSR count). The van der Waals surface area contributed by atoms with Crippen molar-refractivity contribution >= 4 is 18.1 Å². The van der Waals surface area contributed by atoms with Gasteiger partial charge in [-0.05, 0) is 25.0 Å². The van der Waals surface area contributed by atoms with E-state index < -0.39 is 17.3 Å². The average molecular weight is 429 g/mol. The predicted octanol–water partition coefficient (Wildman–Crippen LogP) is 1.68. The third-order valence-electron chi connectivity index (χ3n) is 5.34. The van der Waals surface area contributed by atoms with Gasteiger partial charge in [-0.2, -0.15) is 5.10 Å². The average Bonchev–Trinajstić information content (AvgIpc) is 2.74. The molecule has 31 heavy (non-hydrogen) atoms. The molecule has 166 valence electrons.